The number of carbonyl (C=O) groups is 2. The molecular formula is C24H23BrFN3O2S. The molecule has 2 amide bonds. The number of nitrogens with one attached hydrogen (secondary N) is 1. The molecule has 0 radical (unpaired) electrons. The second kappa shape index (κ2) is 8.08. The lowest BCUT2D eigenvalue weighted by Crippen LogP contribution is -2.54. The Morgan fingerprint density at radius 3 is 2.53 bits per heavy atom. The van der Waals surface area contributed by atoms with Crippen LogP contribution in [0.1, 0.15) is 44.2 Å². The fourth-order valence-corrected chi connectivity index (χ4v) is 4.90. The van der Waals surface area contributed by atoms with E-state index >= 15 is 4.39 Å². The van der Waals surface area contributed by atoms with Gasteiger partial charge in [0.25, 0.3) is 11.8 Å². The normalized spacial score (nSPS) is 21.6. The van der Waals surface area contributed by atoms with Gasteiger partial charge in [0.1, 0.15) is 11.4 Å². The predicted octanol–water partition coefficient (Wildman–Crippen LogP) is 5.14. The molecule has 0 saturated carbocycles. The summed E-state index contributed by atoms with van der Waals surface area (Å²) in [7, 11) is 1.96. The van der Waals surface area contributed by atoms with E-state index in [9.17, 15) is 9.59 Å². The van der Waals surface area contributed by atoms with Crippen LogP contribution in [0.3, 0.4) is 0 Å². The number of thiocarbonyl (C=S) groups is 1. The quantitative estimate of drug-likeness (QED) is 0.341. The van der Waals surface area contributed by atoms with Gasteiger partial charge in [0.15, 0.2) is 5.11 Å². The second-order valence-corrected chi connectivity index (χ2v) is 10.1. The summed E-state index contributed by atoms with van der Waals surface area (Å²) in [5.41, 5.74) is 2.26. The van der Waals surface area contributed by atoms with E-state index in [1.165, 1.54) is 17.0 Å². The Bertz CT molecular complexity index is 1180. The molecule has 1 fully saturated rings. The Labute approximate surface area is 200 Å². The monoisotopic (exact) mass is 515 g/mol. The average Bonchev–Trinajstić information content (AvgIpc) is 2.71. The van der Waals surface area contributed by atoms with Gasteiger partial charge >= 0.3 is 0 Å². The van der Waals surface area contributed by atoms with Crippen LogP contribution in [0.5, 0.6) is 0 Å². The average molecular weight is 516 g/mol. The van der Waals surface area contributed by atoms with Gasteiger partial charge in [0.2, 0.25) is 0 Å². The van der Waals surface area contributed by atoms with Crippen LogP contribution >= 0.6 is 28.1 Å². The van der Waals surface area contributed by atoms with E-state index in [-0.39, 0.29) is 27.7 Å². The van der Waals surface area contributed by atoms with E-state index in [1.54, 1.807) is 30.3 Å². The number of hydrogen-bond acceptors (Lipinski definition) is 4. The van der Waals surface area contributed by atoms with Crippen LogP contribution in [0.25, 0.3) is 6.08 Å². The van der Waals surface area contributed by atoms with E-state index in [0.717, 1.165) is 22.1 Å². The molecule has 5 nitrogen and oxygen atoms in total. The van der Waals surface area contributed by atoms with Crippen LogP contribution in [-0.4, -0.2) is 29.5 Å². The highest BCUT2D eigenvalue weighted by Gasteiger charge is 2.37. The summed E-state index contributed by atoms with van der Waals surface area (Å²) in [6.07, 6.45) is 2.22. The van der Waals surface area contributed by atoms with Gasteiger partial charge in [-0.25, -0.2) is 4.39 Å². The maximum absolute atomic E-state index is 15.1. The van der Waals surface area contributed by atoms with Crippen LogP contribution in [0.2, 0.25) is 0 Å². The van der Waals surface area contributed by atoms with Gasteiger partial charge in [-0.3, -0.25) is 19.8 Å². The predicted molar refractivity (Wildman–Crippen MR) is 132 cm³/mol. The van der Waals surface area contributed by atoms with E-state index < -0.39 is 17.6 Å². The number of halogens is 2. The zero-order valence-electron chi connectivity index (χ0n) is 18.2. The third kappa shape index (κ3) is 3.86. The highest BCUT2D eigenvalue weighted by Crippen LogP contribution is 2.43. The van der Waals surface area contributed by atoms with Crippen LogP contribution in [0.15, 0.2) is 46.4 Å². The molecule has 2 heterocycles. The summed E-state index contributed by atoms with van der Waals surface area (Å²) >= 11 is 8.58. The first kappa shape index (κ1) is 22.6. The molecule has 0 spiro atoms. The van der Waals surface area contributed by atoms with Crippen LogP contribution in [-0.2, 0) is 9.59 Å². The number of hydrogen-bond donors (Lipinski definition) is 1. The first-order valence-corrected chi connectivity index (χ1v) is 11.4. The molecule has 4 rings (SSSR count). The van der Waals surface area contributed by atoms with E-state index in [1.807, 2.05) is 7.05 Å². The molecule has 8 heteroatoms. The van der Waals surface area contributed by atoms with Crippen molar-refractivity contribution < 1.29 is 14.0 Å². The SMILES string of the molecule is CC1CC(C)(C)N(C)c2cc(F)c(/C=C3/C(=O)NC(=S)N(c4ccc(Br)cc4)C3=O)cc21. The number of anilines is 2. The molecular weight excluding hydrogens is 493 g/mol. The lowest BCUT2D eigenvalue weighted by molar-refractivity contribution is -0.122. The van der Waals surface area contributed by atoms with Gasteiger partial charge in [-0.2, -0.15) is 0 Å². The minimum absolute atomic E-state index is 0.0112. The molecule has 1 atom stereocenters. The lowest BCUT2D eigenvalue weighted by Gasteiger charge is -2.45. The topological polar surface area (TPSA) is 52.7 Å². The van der Waals surface area contributed by atoms with Gasteiger partial charge in [-0.15, -0.1) is 0 Å². The molecule has 2 aromatic carbocycles. The fourth-order valence-electron chi connectivity index (χ4n) is 4.35. The van der Waals surface area contributed by atoms with Crippen molar-refractivity contribution in [3.05, 3.63) is 63.4 Å². The summed E-state index contributed by atoms with van der Waals surface area (Å²) in [6.45, 7) is 6.37. The molecule has 0 bridgehead atoms. The Morgan fingerprint density at radius 1 is 1.22 bits per heavy atom. The third-order valence-corrected chi connectivity index (χ3v) is 7.05. The lowest BCUT2D eigenvalue weighted by atomic mass is 9.80. The summed E-state index contributed by atoms with van der Waals surface area (Å²) in [6, 6.07) is 10.2. The van der Waals surface area contributed by atoms with Crippen molar-refractivity contribution >= 4 is 62.5 Å². The highest BCUT2D eigenvalue weighted by atomic mass is 79.9. The van der Waals surface area contributed by atoms with Gasteiger partial charge in [-0.05, 0) is 86.4 Å². The molecule has 32 heavy (non-hydrogen) atoms. The highest BCUT2D eigenvalue weighted by molar-refractivity contribution is 9.10. The van der Waals surface area contributed by atoms with Crippen molar-refractivity contribution in [2.24, 2.45) is 0 Å². The number of amides is 2. The maximum Gasteiger partial charge on any atom is 0.270 e. The van der Waals surface area contributed by atoms with Gasteiger partial charge in [-0.1, -0.05) is 22.9 Å². The number of rotatable bonds is 2. The molecule has 1 saturated heterocycles. The molecule has 1 N–H and O–H groups in total. The number of benzene rings is 2. The zero-order valence-corrected chi connectivity index (χ0v) is 20.6. The largest absolute Gasteiger partial charge is 0.369 e. The van der Waals surface area contributed by atoms with Crippen molar-refractivity contribution in [1.82, 2.24) is 5.32 Å². The first-order valence-electron chi connectivity index (χ1n) is 10.2. The Hall–Kier alpha value is -2.58. The molecule has 2 aromatic rings. The van der Waals surface area contributed by atoms with E-state index in [4.69, 9.17) is 12.2 Å². The minimum Gasteiger partial charge on any atom is -0.369 e. The van der Waals surface area contributed by atoms with Crippen molar-refractivity contribution in [2.75, 3.05) is 16.8 Å². The Balaban J connectivity index is 1.77. The summed E-state index contributed by atoms with van der Waals surface area (Å²) in [4.78, 5) is 29.1. The van der Waals surface area contributed by atoms with Crippen molar-refractivity contribution in [3.63, 3.8) is 0 Å². The van der Waals surface area contributed by atoms with Crippen LogP contribution in [0.4, 0.5) is 15.8 Å². The van der Waals surface area contributed by atoms with Crippen molar-refractivity contribution in [2.45, 2.75) is 38.6 Å². The molecule has 166 valence electrons. The summed E-state index contributed by atoms with van der Waals surface area (Å²) < 4.78 is 16.0. The third-order valence-electron chi connectivity index (χ3n) is 6.24. The summed E-state index contributed by atoms with van der Waals surface area (Å²) in [5, 5.41) is 2.53. The first-order chi connectivity index (χ1) is 15.0. The zero-order chi connectivity index (χ0) is 23.4. The molecule has 0 aliphatic carbocycles. The molecule has 2 aliphatic heterocycles. The Kier molecular flexibility index (Phi) is 5.71. The maximum atomic E-state index is 15.1. The fraction of sp³-hybridized carbons (Fsp3) is 0.292. The molecule has 1 unspecified atom stereocenters. The van der Waals surface area contributed by atoms with Crippen LogP contribution < -0.4 is 15.1 Å². The molecule has 0 aromatic heterocycles. The van der Waals surface area contributed by atoms with Gasteiger partial charge in [0, 0.05) is 28.3 Å². The van der Waals surface area contributed by atoms with E-state index in [2.05, 4.69) is 46.9 Å². The standard InChI is InChI=1S/C24H23BrFN3O2S/c1-13-12-24(2,3)28(4)20-11-19(26)14(9-17(13)20)10-18-21(30)27-23(32)29(22(18)31)16-7-5-15(25)6-8-16/h5-11,13H,12H2,1-4H3,(H,27,30,32)/b18-10-. The van der Waals surface area contributed by atoms with E-state index in [0.29, 0.717) is 5.69 Å². The summed E-state index contributed by atoms with van der Waals surface area (Å²) in [5.74, 6) is -1.52. The van der Waals surface area contributed by atoms with Gasteiger partial charge in [0.05, 0.1) is 5.69 Å². The Morgan fingerprint density at radius 2 is 1.88 bits per heavy atom. The van der Waals surface area contributed by atoms with Crippen molar-refractivity contribution in [1.29, 1.82) is 0 Å². The number of fused-ring (bicyclic) bond motifs is 1. The van der Waals surface area contributed by atoms with Gasteiger partial charge < -0.3 is 4.90 Å². The molecule has 2 aliphatic rings. The van der Waals surface area contributed by atoms with Crippen LogP contribution in [0, 0.1) is 5.82 Å². The minimum atomic E-state index is -0.642. The second-order valence-electron chi connectivity index (χ2n) is 8.84. The smallest absolute Gasteiger partial charge is 0.270 e. The van der Waals surface area contributed by atoms with Crippen molar-refractivity contribution in [3.8, 4) is 0 Å². The number of nitrogens with zero attached hydrogens (tertiary/aromatic N) is 2. The number of carbonyl (C=O) groups excluding carboxylic acids is 2.